The number of carboxylic acids is 1. The summed E-state index contributed by atoms with van der Waals surface area (Å²) in [6, 6.07) is 14.7. The smallest absolute Gasteiger partial charge is 0.306 e. The molecule has 2 aromatic carbocycles. The Morgan fingerprint density at radius 1 is 0.821 bits per heavy atom. The predicted octanol–water partition coefficient (Wildman–Crippen LogP) is 5.32. The van der Waals surface area contributed by atoms with Crippen LogP contribution in [0, 0.1) is 5.92 Å². The average Bonchev–Trinajstić information content (AvgIpc) is 2.72. The molecule has 28 heavy (non-hydrogen) atoms. The Morgan fingerprint density at radius 2 is 1.32 bits per heavy atom. The summed E-state index contributed by atoms with van der Waals surface area (Å²) in [5, 5.41) is 9.67. The fraction of sp³-hybridized carbons (Fsp3) is 0.261. The molecule has 2 aromatic rings. The summed E-state index contributed by atoms with van der Waals surface area (Å²) >= 11 is 5.84. The van der Waals surface area contributed by atoms with Crippen molar-refractivity contribution < 1.29 is 19.5 Å². The number of hydrogen-bond acceptors (Lipinski definition) is 3. The fourth-order valence-electron chi connectivity index (χ4n) is 3.65. The maximum atomic E-state index is 11.2. The molecule has 0 amide bonds. The number of aliphatic carboxylic acids is 1. The Bertz CT molecular complexity index is 869. The first-order chi connectivity index (χ1) is 13.5. The van der Waals surface area contributed by atoms with E-state index >= 15 is 0 Å². The van der Waals surface area contributed by atoms with E-state index in [1.54, 1.807) is 24.3 Å². The van der Waals surface area contributed by atoms with E-state index < -0.39 is 5.97 Å². The van der Waals surface area contributed by atoms with Crippen molar-refractivity contribution in [2.75, 3.05) is 0 Å². The average molecular weight is 397 g/mol. The van der Waals surface area contributed by atoms with Crippen LogP contribution in [0.3, 0.4) is 0 Å². The van der Waals surface area contributed by atoms with Crippen molar-refractivity contribution in [3.63, 3.8) is 0 Å². The van der Waals surface area contributed by atoms with Gasteiger partial charge in [0.2, 0.25) is 0 Å². The lowest BCUT2D eigenvalue weighted by Gasteiger charge is -2.26. The lowest BCUT2D eigenvalue weighted by atomic mass is 9.79. The van der Waals surface area contributed by atoms with Crippen molar-refractivity contribution in [1.29, 1.82) is 0 Å². The van der Waals surface area contributed by atoms with Gasteiger partial charge in [-0.2, -0.15) is 0 Å². The van der Waals surface area contributed by atoms with E-state index in [1.165, 1.54) is 17.7 Å². The van der Waals surface area contributed by atoms with Crippen LogP contribution in [0.15, 0.2) is 60.7 Å². The van der Waals surface area contributed by atoms with E-state index in [-0.39, 0.29) is 17.5 Å². The second-order valence-corrected chi connectivity index (χ2v) is 7.48. The zero-order chi connectivity index (χ0) is 20.1. The maximum absolute atomic E-state index is 11.2. The van der Waals surface area contributed by atoms with Crippen LogP contribution in [-0.2, 0) is 4.79 Å². The molecule has 0 bridgehead atoms. The summed E-state index contributed by atoms with van der Waals surface area (Å²) in [4.78, 5) is 33.2. The molecule has 0 aliphatic heterocycles. The molecule has 0 saturated heterocycles. The third-order valence-electron chi connectivity index (χ3n) is 5.26. The third kappa shape index (κ3) is 4.76. The van der Waals surface area contributed by atoms with E-state index in [0.717, 1.165) is 30.7 Å². The van der Waals surface area contributed by atoms with Gasteiger partial charge in [0.05, 0.1) is 5.92 Å². The second-order valence-electron chi connectivity index (χ2n) is 7.05. The SMILES string of the molecule is O=C(O)C1CCC(c2ccc(Cl)cc2)CC1.O=C1C=CC(=O)c2ccccc21. The summed E-state index contributed by atoms with van der Waals surface area (Å²) in [5.41, 5.74) is 2.29. The molecule has 1 N–H and O–H groups in total. The highest BCUT2D eigenvalue weighted by atomic mass is 35.5. The molecule has 144 valence electrons. The van der Waals surface area contributed by atoms with Gasteiger partial charge in [-0.15, -0.1) is 0 Å². The van der Waals surface area contributed by atoms with Gasteiger partial charge in [0.25, 0.3) is 0 Å². The lowest BCUT2D eigenvalue weighted by Crippen LogP contribution is -2.20. The number of rotatable bonds is 2. The summed E-state index contributed by atoms with van der Waals surface area (Å²) in [6.45, 7) is 0. The minimum atomic E-state index is -0.644. The largest absolute Gasteiger partial charge is 0.481 e. The van der Waals surface area contributed by atoms with Crippen molar-refractivity contribution in [2.24, 2.45) is 5.92 Å². The van der Waals surface area contributed by atoms with Gasteiger partial charge in [-0.25, -0.2) is 0 Å². The van der Waals surface area contributed by atoms with Crippen LogP contribution in [0.4, 0.5) is 0 Å². The van der Waals surface area contributed by atoms with Crippen molar-refractivity contribution in [3.8, 4) is 0 Å². The Kier molecular flexibility index (Phi) is 6.42. The fourth-order valence-corrected chi connectivity index (χ4v) is 3.78. The zero-order valence-electron chi connectivity index (χ0n) is 15.3. The number of fused-ring (bicyclic) bond motifs is 1. The molecule has 5 heteroatoms. The first-order valence-corrected chi connectivity index (χ1v) is 9.67. The molecule has 1 saturated carbocycles. The quantitative estimate of drug-likeness (QED) is 0.745. The molecular formula is C23H21ClO4. The van der Waals surface area contributed by atoms with Gasteiger partial charge < -0.3 is 5.11 Å². The minimum Gasteiger partial charge on any atom is -0.481 e. The van der Waals surface area contributed by atoms with Crippen LogP contribution in [0.1, 0.15) is 57.9 Å². The van der Waals surface area contributed by atoms with Gasteiger partial charge in [0.1, 0.15) is 0 Å². The molecule has 0 radical (unpaired) electrons. The van der Waals surface area contributed by atoms with E-state index in [1.807, 2.05) is 24.3 Å². The molecule has 0 heterocycles. The first kappa shape index (κ1) is 20.0. The highest BCUT2D eigenvalue weighted by Gasteiger charge is 2.26. The van der Waals surface area contributed by atoms with E-state index in [9.17, 15) is 14.4 Å². The molecule has 0 spiro atoms. The maximum Gasteiger partial charge on any atom is 0.306 e. The number of ketones is 2. The predicted molar refractivity (Wildman–Crippen MR) is 108 cm³/mol. The highest BCUT2D eigenvalue weighted by Crippen LogP contribution is 2.36. The minimum absolute atomic E-state index is 0.0924. The number of allylic oxidation sites excluding steroid dienone is 2. The Balaban J connectivity index is 0.000000167. The summed E-state index contributed by atoms with van der Waals surface area (Å²) in [6.07, 6.45) is 6.15. The van der Waals surface area contributed by atoms with Crippen LogP contribution in [0.2, 0.25) is 5.02 Å². The van der Waals surface area contributed by atoms with Crippen molar-refractivity contribution >= 4 is 29.1 Å². The van der Waals surface area contributed by atoms with Crippen molar-refractivity contribution in [3.05, 3.63) is 82.4 Å². The van der Waals surface area contributed by atoms with Crippen LogP contribution >= 0.6 is 11.6 Å². The third-order valence-corrected chi connectivity index (χ3v) is 5.51. The molecule has 2 aliphatic carbocycles. The number of hydrogen-bond donors (Lipinski definition) is 1. The number of carbonyl (C=O) groups excluding carboxylic acids is 2. The standard InChI is InChI=1S/C13H15ClO2.C10H6O2/c14-12-7-5-10(6-8-12)9-1-3-11(4-2-9)13(15)16;11-9-5-6-10(12)8-4-2-1-3-7(8)9/h5-9,11H,1-4H2,(H,15,16);1-6H. The summed E-state index contributed by atoms with van der Waals surface area (Å²) in [5.74, 6) is -0.457. The monoisotopic (exact) mass is 396 g/mol. The summed E-state index contributed by atoms with van der Waals surface area (Å²) < 4.78 is 0. The first-order valence-electron chi connectivity index (χ1n) is 9.29. The van der Waals surface area contributed by atoms with Crippen molar-refractivity contribution in [1.82, 2.24) is 0 Å². The summed E-state index contributed by atoms with van der Waals surface area (Å²) in [7, 11) is 0. The second kappa shape index (κ2) is 8.98. The van der Waals surface area contributed by atoms with Crippen LogP contribution < -0.4 is 0 Å². The van der Waals surface area contributed by atoms with Gasteiger partial charge in [-0.1, -0.05) is 48.0 Å². The van der Waals surface area contributed by atoms with E-state index in [4.69, 9.17) is 16.7 Å². The Morgan fingerprint density at radius 3 is 1.79 bits per heavy atom. The van der Waals surface area contributed by atoms with Gasteiger partial charge in [-0.3, -0.25) is 14.4 Å². The zero-order valence-corrected chi connectivity index (χ0v) is 16.1. The molecule has 0 aromatic heterocycles. The number of carbonyl (C=O) groups is 3. The molecule has 1 fully saturated rings. The van der Waals surface area contributed by atoms with E-state index in [2.05, 4.69) is 0 Å². The molecule has 4 nitrogen and oxygen atoms in total. The van der Waals surface area contributed by atoms with Gasteiger partial charge in [0, 0.05) is 16.1 Å². The molecule has 2 aliphatic rings. The highest BCUT2D eigenvalue weighted by molar-refractivity contribution is 6.30. The molecule has 4 rings (SSSR count). The van der Waals surface area contributed by atoms with Gasteiger partial charge in [0.15, 0.2) is 11.6 Å². The molecular weight excluding hydrogens is 376 g/mol. The topological polar surface area (TPSA) is 71.4 Å². The van der Waals surface area contributed by atoms with Crippen LogP contribution in [0.25, 0.3) is 0 Å². The van der Waals surface area contributed by atoms with Crippen molar-refractivity contribution in [2.45, 2.75) is 31.6 Å². The van der Waals surface area contributed by atoms with Crippen LogP contribution in [0.5, 0.6) is 0 Å². The number of halogens is 1. The van der Waals surface area contributed by atoms with E-state index in [0.29, 0.717) is 17.0 Å². The molecule has 0 atom stereocenters. The normalized spacial score (nSPS) is 20.8. The molecule has 0 unspecified atom stereocenters. The van der Waals surface area contributed by atoms with Gasteiger partial charge in [-0.05, 0) is 61.4 Å². The Labute approximate surface area is 168 Å². The number of carboxylic acid groups (broad SMARTS) is 1. The van der Waals surface area contributed by atoms with Gasteiger partial charge >= 0.3 is 5.97 Å². The Hall–Kier alpha value is -2.72. The lowest BCUT2D eigenvalue weighted by molar-refractivity contribution is -0.142. The number of benzene rings is 2. The van der Waals surface area contributed by atoms with Crippen LogP contribution in [-0.4, -0.2) is 22.6 Å².